The largest absolute Gasteiger partial charge is 0.481 e. The van der Waals surface area contributed by atoms with Gasteiger partial charge in [-0.1, -0.05) is 18.6 Å². The molecule has 0 unspecified atom stereocenters. The molecule has 2 heterocycles. The van der Waals surface area contributed by atoms with Gasteiger partial charge in [0.2, 0.25) is 0 Å². The van der Waals surface area contributed by atoms with E-state index in [9.17, 15) is 14.4 Å². The zero-order valence-electron chi connectivity index (χ0n) is 17.8. The van der Waals surface area contributed by atoms with Gasteiger partial charge in [0.25, 0.3) is 0 Å². The van der Waals surface area contributed by atoms with Gasteiger partial charge < -0.3 is 20.5 Å². The van der Waals surface area contributed by atoms with Crippen LogP contribution in [0.5, 0.6) is 0 Å². The molecule has 2 bridgehead atoms. The minimum absolute atomic E-state index is 0.225. The second-order valence-electron chi connectivity index (χ2n) is 9.02. The van der Waals surface area contributed by atoms with E-state index in [0.29, 0.717) is 49.5 Å². The predicted molar refractivity (Wildman–Crippen MR) is 113 cm³/mol. The summed E-state index contributed by atoms with van der Waals surface area (Å²) in [6.07, 6.45) is 15.3. The van der Waals surface area contributed by atoms with E-state index < -0.39 is 17.8 Å². The van der Waals surface area contributed by atoms with Gasteiger partial charge in [-0.15, -0.1) is 0 Å². The van der Waals surface area contributed by atoms with Crippen LogP contribution in [0.4, 0.5) is 0 Å². The summed E-state index contributed by atoms with van der Waals surface area (Å²) < 4.78 is 6.15. The molecule has 3 N–H and O–H groups in total. The number of carbonyl (C=O) groups is 3. The van der Waals surface area contributed by atoms with E-state index in [1.807, 2.05) is 0 Å². The highest BCUT2D eigenvalue weighted by atomic mass is 16.5. The molecule has 1 aliphatic carbocycles. The summed E-state index contributed by atoms with van der Waals surface area (Å²) in [6, 6.07) is 0. The number of hydrogen-bond acceptors (Lipinski definition) is 4. The fourth-order valence-electron chi connectivity index (χ4n) is 4.77. The Kier molecular flexibility index (Phi) is 8.73. The van der Waals surface area contributed by atoms with Crippen molar-refractivity contribution < 1.29 is 24.2 Å². The van der Waals surface area contributed by atoms with Crippen LogP contribution < -0.4 is 10.6 Å². The first-order chi connectivity index (χ1) is 14.5. The van der Waals surface area contributed by atoms with E-state index >= 15 is 0 Å². The summed E-state index contributed by atoms with van der Waals surface area (Å²) in [5.74, 6) is -0.103. The summed E-state index contributed by atoms with van der Waals surface area (Å²) >= 11 is 0. The number of carboxylic acid groups (broad SMARTS) is 1. The minimum atomic E-state index is -0.736. The van der Waals surface area contributed by atoms with Crippen molar-refractivity contribution in [1.29, 1.82) is 0 Å². The maximum Gasteiger partial charge on any atom is 0.309 e. The third kappa shape index (κ3) is 7.11. The van der Waals surface area contributed by atoms with Crippen LogP contribution in [0, 0.1) is 17.8 Å². The van der Waals surface area contributed by atoms with Gasteiger partial charge >= 0.3 is 17.8 Å². The van der Waals surface area contributed by atoms with E-state index in [-0.39, 0.29) is 6.42 Å². The van der Waals surface area contributed by atoms with E-state index in [0.717, 1.165) is 57.8 Å². The normalized spacial score (nSPS) is 27.5. The number of aliphatic carboxylic acids is 1. The Balaban J connectivity index is 1.29. The molecule has 30 heavy (non-hydrogen) atoms. The van der Waals surface area contributed by atoms with Crippen LogP contribution in [-0.4, -0.2) is 48.2 Å². The number of fused-ring (bicyclic) bond motifs is 2. The quantitative estimate of drug-likeness (QED) is 0.241. The van der Waals surface area contributed by atoms with Gasteiger partial charge in [-0.25, -0.2) is 0 Å². The van der Waals surface area contributed by atoms with Crippen molar-refractivity contribution in [2.45, 2.75) is 82.8 Å². The van der Waals surface area contributed by atoms with Crippen LogP contribution in [0.1, 0.15) is 70.6 Å². The van der Waals surface area contributed by atoms with Gasteiger partial charge in [0.1, 0.15) is 0 Å². The van der Waals surface area contributed by atoms with Crippen LogP contribution in [0.3, 0.4) is 0 Å². The topological polar surface area (TPSA) is 105 Å². The van der Waals surface area contributed by atoms with Gasteiger partial charge in [-0.2, -0.15) is 0 Å². The van der Waals surface area contributed by atoms with Crippen LogP contribution >= 0.6 is 0 Å². The third-order valence-corrected chi connectivity index (χ3v) is 6.63. The molecule has 0 aromatic heterocycles. The van der Waals surface area contributed by atoms with Crippen molar-refractivity contribution >= 4 is 17.8 Å². The highest BCUT2D eigenvalue weighted by Gasteiger charge is 2.47. The lowest BCUT2D eigenvalue weighted by Gasteiger charge is -2.27. The van der Waals surface area contributed by atoms with Gasteiger partial charge in [0.05, 0.1) is 12.2 Å². The lowest BCUT2D eigenvalue weighted by molar-refractivity contribution is -0.139. The standard InChI is InChI=1S/C23H36N2O5/c26-21(27)9-4-2-1-3-7-17-18(20-13-12-19(17)30-20)8-5-6-14-24-22(28)23(29)25-15-16-10-11-16/h1,3,16-20H,2,4-15H2,(H,24,28)(H,25,29)(H,26,27)/t17-,18+,19-,20+/m1/s1. The fraction of sp³-hybridized carbons (Fsp3) is 0.783. The summed E-state index contributed by atoms with van der Waals surface area (Å²) in [5, 5.41) is 14.1. The van der Waals surface area contributed by atoms with Crippen molar-refractivity contribution in [3.8, 4) is 0 Å². The molecule has 168 valence electrons. The van der Waals surface area contributed by atoms with Crippen LogP contribution in [0.25, 0.3) is 0 Å². The molecule has 3 fully saturated rings. The Labute approximate surface area is 179 Å². The van der Waals surface area contributed by atoms with Crippen molar-refractivity contribution in [1.82, 2.24) is 10.6 Å². The lowest BCUT2D eigenvalue weighted by atomic mass is 9.75. The summed E-state index contributed by atoms with van der Waals surface area (Å²) in [7, 11) is 0. The zero-order valence-corrected chi connectivity index (χ0v) is 17.8. The highest BCUT2D eigenvalue weighted by molar-refractivity contribution is 6.35. The Bertz CT molecular complexity index is 631. The average molecular weight is 421 g/mol. The molecular formula is C23H36N2O5. The monoisotopic (exact) mass is 420 g/mol. The average Bonchev–Trinajstić information content (AvgIpc) is 3.34. The predicted octanol–water partition coefficient (Wildman–Crippen LogP) is 2.79. The SMILES string of the molecule is O=C(O)CCCC=CC[C@@H]1[C@H](CCCCNC(=O)C(=O)NCC2CC2)[C@@H]2CC[C@H]1O2. The Morgan fingerprint density at radius 1 is 0.900 bits per heavy atom. The van der Waals surface area contributed by atoms with Crippen molar-refractivity contribution in [2.24, 2.45) is 17.8 Å². The number of nitrogens with one attached hydrogen (secondary N) is 2. The molecule has 2 aliphatic heterocycles. The van der Waals surface area contributed by atoms with Crippen LogP contribution in [0.15, 0.2) is 12.2 Å². The van der Waals surface area contributed by atoms with Gasteiger partial charge in [-0.05, 0) is 75.5 Å². The Morgan fingerprint density at radius 3 is 2.37 bits per heavy atom. The third-order valence-electron chi connectivity index (χ3n) is 6.63. The number of ether oxygens (including phenoxy) is 1. The molecule has 0 aromatic rings. The molecule has 1 saturated carbocycles. The van der Waals surface area contributed by atoms with E-state index in [1.54, 1.807) is 0 Å². The fourth-order valence-corrected chi connectivity index (χ4v) is 4.77. The molecule has 2 amide bonds. The number of rotatable bonds is 13. The Morgan fingerprint density at radius 2 is 1.63 bits per heavy atom. The first-order valence-electron chi connectivity index (χ1n) is 11.6. The number of carbonyl (C=O) groups excluding carboxylic acids is 2. The molecule has 3 aliphatic rings. The van der Waals surface area contributed by atoms with Crippen molar-refractivity contribution in [3.63, 3.8) is 0 Å². The summed E-state index contributed by atoms with van der Waals surface area (Å²) in [4.78, 5) is 34.1. The van der Waals surface area contributed by atoms with Crippen LogP contribution in [0.2, 0.25) is 0 Å². The Hall–Kier alpha value is -1.89. The number of carboxylic acids is 1. The molecule has 0 aromatic carbocycles. The second kappa shape index (κ2) is 11.5. The molecule has 2 saturated heterocycles. The molecule has 0 radical (unpaired) electrons. The maximum atomic E-state index is 11.8. The first-order valence-corrected chi connectivity index (χ1v) is 11.6. The summed E-state index contributed by atoms with van der Waals surface area (Å²) in [5.41, 5.74) is 0. The summed E-state index contributed by atoms with van der Waals surface area (Å²) in [6.45, 7) is 1.15. The first kappa shape index (κ1) is 22.8. The maximum absolute atomic E-state index is 11.8. The zero-order chi connectivity index (χ0) is 21.3. The number of allylic oxidation sites excluding steroid dienone is 2. The van der Waals surface area contributed by atoms with Crippen molar-refractivity contribution in [3.05, 3.63) is 12.2 Å². The number of amides is 2. The lowest BCUT2D eigenvalue weighted by Crippen LogP contribution is -2.41. The molecule has 4 atom stereocenters. The smallest absolute Gasteiger partial charge is 0.309 e. The van der Waals surface area contributed by atoms with E-state index in [1.165, 1.54) is 0 Å². The van der Waals surface area contributed by atoms with E-state index in [2.05, 4.69) is 22.8 Å². The van der Waals surface area contributed by atoms with Gasteiger partial charge in [0, 0.05) is 19.5 Å². The highest BCUT2D eigenvalue weighted by Crippen LogP contribution is 2.47. The number of hydrogen-bond donors (Lipinski definition) is 3. The molecule has 7 heteroatoms. The van der Waals surface area contributed by atoms with Gasteiger partial charge in [-0.3, -0.25) is 14.4 Å². The van der Waals surface area contributed by atoms with E-state index in [4.69, 9.17) is 9.84 Å². The molecule has 7 nitrogen and oxygen atoms in total. The van der Waals surface area contributed by atoms with Crippen LogP contribution in [-0.2, 0) is 19.1 Å². The molecule has 3 rings (SSSR count). The van der Waals surface area contributed by atoms with Gasteiger partial charge in [0.15, 0.2) is 0 Å². The van der Waals surface area contributed by atoms with Crippen molar-refractivity contribution in [2.75, 3.05) is 13.1 Å². The molecule has 0 spiro atoms. The minimum Gasteiger partial charge on any atom is -0.481 e. The molecular weight excluding hydrogens is 384 g/mol. The second-order valence-corrected chi connectivity index (χ2v) is 9.02. The number of unbranched alkanes of at least 4 members (excludes halogenated alkanes) is 2.